The Bertz CT molecular complexity index is 897. The van der Waals surface area contributed by atoms with Gasteiger partial charge in [-0.05, 0) is 60.3 Å². The third-order valence-electron chi connectivity index (χ3n) is 7.41. The van der Waals surface area contributed by atoms with Crippen molar-refractivity contribution in [2.24, 2.45) is 17.8 Å². The lowest BCUT2D eigenvalue weighted by atomic mass is 9.59. The van der Waals surface area contributed by atoms with E-state index in [9.17, 15) is 9.59 Å². The number of carboxylic acid groups (broad SMARTS) is 1. The second-order valence-electron chi connectivity index (χ2n) is 8.92. The fourth-order valence-electron chi connectivity index (χ4n) is 5.94. The predicted molar refractivity (Wildman–Crippen MR) is 111 cm³/mol. The van der Waals surface area contributed by atoms with E-state index in [0.29, 0.717) is 50.0 Å². The lowest BCUT2D eigenvalue weighted by Gasteiger charge is -2.45. The van der Waals surface area contributed by atoms with Crippen molar-refractivity contribution in [1.82, 2.24) is 5.32 Å². The van der Waals surface area contributed by atoms with Gasteiger partial charge in [-0.2, -0.15) is 0 Å². The van der Waals surface area contributed by atoms with Crippen LogP contribution in [0.15, 0.2) is 48.5 Å². The van der Waals surface area contributed by atoms with E-state index in [0.717, 1.165) is 6.42 Å². The van der Waals surface area contributed by atoms with Gasteiger partial charge in [0.2, 0.25) is 5.91 Å². The lowest BCUT2D eigenvalue weighted by Crippen LogP contribution is -2.41. The molecule has 29 heavy (non-hydrogen) atoms. The molecule has 1 fully saturated rings. The van der Waals surface area contributed by atoms with Crippen LogP contribution in [0, 0.1) is 17.8 Å². The molecule has 2 aromatic carbocycles. The Labute approximate surface area is 171 Å². The second kappa shape index (κ2) is 7.33. The molecule has 2 aromatic rings. The molecule has 1 amide bonds. The van der Waals surface area contributed by atoms with Gasteiger partial charge in [-0.25, -0.2) is 0 Å². The van der Waals surface area contributed by atoms with E-state index < -0.39 is 5.97 Å². The molecule has 6 rings (SSSR count). The van der Waals surface area contributed by atoms with Crippen molar-refractivity contribution in [1.29, 1.82) is 0 Å². The van der Waals surface area contributed by atoms with Crippen LogP contribution in [0.3, 0.4) is 0 Å². The molecule has 4 heteroatoms. The number of aliphatic carboxylic acids is 1. The summed E-state index contributed by atoms with van der Waals surface area (Å²) in [5, 5.41) is 12.4. The maximum Gasteiger partial charge on any atom is 0.306 e. The van der Waals surface area contributed by atoms with Crippen molar-refractivity contribution >= 4 is 11.9 Å². The standard InChI is InChI=1S/C25H27NO3/c27-24(15-9-11-16(12-10-15)25(28)29)26-14-17-13-22-18-5-1-3-7-20(18)23(17)21-8-4-2-6-19(21)22/h1-8,15-17,22-23H,9-14H2,(H,26,27)(H,28,29). The number of benzene rings is 2. The molecule has 0 spiro atoms. The highest BCUT2D eigenvalue weighted by Gasteiger charge is 2.43. The van der Waals surface area contributed by atoms with Gasteiger partial charge in [0, 0.05) is 24.3 Å². The van der Waals surface area contributed by atoms with Crippen LogP contribution in [0.1, 0.15) is 66.2 Å². The first-order valence-corrected chi connectivity index (χ1v) is 10.8. The summed E-state index contributed by atoms with van der Waals surface area (Å²) in [6, 6.07) is 17.5. The number of hydrogen-bond donors (Lipinski definition) is 2. The van der Waals surface area contributed by atoms with E-state index in [4.69, 9.17) is 5.11 Å². The molecule has 0 radical (unpaired) electrons. The molecule has 2 bridgehead atoms. The fraction of sp³-hybridized carbons (Fsp3) is 0.440. The zero-order valence-corrected chi connectivity index (χ0v) is 16.5. The first kappa shape index (κ1) is 18.4. The number of amides is 1. The molecule has 0 aromatic heterocycles. The summed E-state index contributed by atoms with van der Waals surface area (Å²) in [5.41, 5.74) is 5.74. The smallest absolute Gasteiger partial charge is 0.306 e. The maximum absolute atomic E-state index is 12.8. The van der Waals surface area contributed by atoms with Gasteiger partial charge in [-0.3, -0.25) is 9.59 Å². The quantitative estimate of drug-likeness (QED) is 0.820. The molecule has 4 nitrogen and oxygen atoms in total. The Kier molecular flexibility index (Phi) is 4.65. The number of hydrogen-bond acceptors (Lipinski definition) is 2. The Hall–Kier alpha value is -2.62. The average Bonchev–Trinajstić information content (AvgIpc) is 2.77. The van der Waals surface area contributed by atoms with Gasteiger partial charge >= 0.3 is 5.97 Å². The molecule has 0 heterocycles. The zero-order valence-electron chi connectivity index (χ0n) is 16.5. The van der Waals surface area contributed by atoms with Crippen molar-refractivity contribution in [2.75, 3.05) is 6.54 Å². The first-order valence-electron chi connectivity index (χ1n) is 10.8. The molecule has 4 aliphatic rings. The highest BCUT2D eigenvalue weighted by atomic mass is 16.4. The van der Waals surface area contributed by atoms with E-state index in [2.05, 4.69) is 53.8 Å². The van der Waals surface area contributed by atoms with Gasteiger partial charge < -0.3 is 10.4 Å². The summed E-state index contributed by atoms with van der Waals surface area (Å²) in [6.07, 6.45) is 3.67. The van der Waals surface area contributed by atoms with E-state index in [1.54, 1.807) is 0 Å². The molecule has 1 atom stereocenters. The molecule has 2 N–H and O–H groups in total. The Morgan fingerprint density at radius 2 is 1.34 bits per heavy atom. The zero-order chi connectivity index (χ0) is 20.0. The second-order valence-corrected chi connectivity index (χ2v) is 8.92. The number of nitrogens with one attached hydrogen (secondary N) is 1. The van der Waals surface area contributed by atoms with Crippen LogP contribution in [0.25, 0.3) is 0 Å². The number of carbonyl (C=O) groups excluding carboxylic acids is 1. The summed E-state index contributed by atoms with van der Waals surface area (Å²) in [5.74, 6) is 0.239. The van der Waals surface area contributed by atoms with Crippen molar-refractivity contribution in [3.63, 3.8) is 0 Å². The van der Waals surface area contributed by atoms with Crippen LogP contribution < -0.4 is 5.32 Å². The van der Waals surface area contributed by atoms with E-state index in [-0.39, 0.29) is 17.7 Å². The van der Waals surface area contributed by atoms with E-state index in [1.165, 1.54) is 22.3 Å². The van der Waals surface area contributed by atoms with Crippen LogP contribution in [-0.2, 0) is 9.59 Å². The SMILES string of the molecule is O=C(O)C1CCC(C(=O)NCC2CC3c4ccccc4C2c2ccccc23)CC1. The maximum atomic E-state index is 12.8. The lowest BCUT2D eigenvalue weighted by molar-refractivity contribution is -0.144. The minimum atomic E-state index is -0.723. The molecular formula is C25H27NO3. The topological polar surface area (TPSA) is 66.4 Å². The summed E-state index contributed by atoms with van der Waals surface area (Å²) >= 11 is 0. The minimum Gasteiger partial charge on any atom is -0.481 e. The molecule has 4 aliphatic carbocycles. The number of rotatable bonds is 4. The molecule has 0 aliphatic heterocycles. The molecule has 1 unspecified atom stereocenters. The van der Waals surface area contributed by atoms with Gasteiger partial charge in [0.25, 0.3) is 0 Å². The van der Waals surface area contributed by atoms with E-state index >= 15 is 0 Å². The number of fused-ring (bicyclic) bond motifs is 1. The van der Waals surface area contributed by atoms with Crippen LogP contribution in [0.5, 0.6) is 0 Å². The van der Waals surface area contributed by atoms with Crippen molar-refractivity contribution < 1.29 is 14.7 Å². The first-order chi connectivity index (χ1) is 14.1. The third-order valence-corrected chi connectivity index (χ3v) is 7.41. The van der Waals surface area contributed by atoms with Gasteiger partial charge in [-0.15, -0.1) is 0 Å². The summed E-state index contributed by atoms with van der Waals surface area (Å²) < 4.78 is 0. The Morgan fingerprint density at radius 3 is 1.90 bits per heavy atom. The molecule has 150 valence electrons. The van der Waals surface area contributed by atoms with Gasteiger partial charge in [-0.1, -0.05) is 48.5 Å². The monoisotopic (exact) mass is 389 g/mol. The van der Waals surface area contributed by atoms with Crippen molar-refractivity contribution in [3.8, 4) is 0 Å². The van der Waals surface area contributed by atoms with Gasteiger partial charge in [0.05, 0.1) is 5.92 Å². The molecule has 1 saturated carbocycles. The van der Waals surface area contributed by atoms with Crippen LogP contribution in [-0.4, -0.2) is 23.5 Å². The third kappa shape index (κ3) is 3.15. The van der Waals surface area contributed by atoms with Crippen LogP contribution in [0.4, 0.5) is 0 Å². The normalized spacial score (nSPS) is 29.6. The number of carboxylic acids is 1. The summed E-state index contributed by atoms with van der Waals surface area (Å²) in [6.45, 7) is 0.696. The fourth-order valence-corrected chi connectivity index (χ4v) is 5.94. The van der Waals surface area contributed by atoms with Gasteiger partial charge in [0.15, 0.2) is 0 Å². The Balaban J connectivity index is 1.30. The van der Waals surface area contributed by atoms with Crippen molar-refractivity contribution in [2.45, 2.75) is 43.9 Å². The minimum absolute atomic E-state index is 0.0362. The summed E-state index contributed by atoms with van der Waals surface area (Å²) in [7, 11) is 0. The largest absolute Gasteiger partial charge is 0.481 e. The predicted octanol–water partition coefficient (Wildman–Crippen LogP) is 4.29. The molecular weight excluding hydrogens is 362 g/mol. The average molecular weight is 389 g/mol. The highest BCUT2D eigenvalue weighted by Crippen LogP contribution is 2.55. The van der Waals surface area contributed by atoms with Crippen LogP contribution >= 0.6 is 0 Å². The molecule has 0 saturated heterocycles. The summed E-state index contributed by atoms with van der Waals surface area (Å²) in [4.78, 5) is 23.9. The number of carbonyl (C=O) groups is 2. The van der Waals surface area contributed by atoms with Gasteiger partial charge in [0.1, 0.15) is 0 Å². The Morgan fingerprint density at radius 1 is 0.828 bits per heavy atom. The van der Waals surface area contributed by atoms with Crippen LogP contribution in [0.2, 0.25) is 0 Å². The highest BCUT2D eigenvalue weighted by molar-refractivity contribution is 5.79. The van der Waals surface area contributed by atoms with Crippen molar-refractivity contribution in [3.05, 3.63) is 70.8 Å². The van der Waals surface area contributed by atoms with E-state index in [1.807, 2.05) is 0 Å².